The lowest BCUT2D eigenvalue weighted by Crippen LogP contribution is -2.35. The van der Waals surface area contributed by atoms with Crippen LogP contribution in [0.25, 0.3) is 22.2 Å². The fourth-order valence-electron chi connectivity index (χ4n) is 5.68. The van der Waals surface area contributed by atoms with Crippen LogP contribution in [0, 0.1) is 0 Å². The van der Waals surface area contributed by atoms with Gasteiger partial charge in [0.25, 0.3) is 0 Å². The highest BCUT2D eigenvalue weighted by atomic mass is 32.1. The van der Waals surface area contributed by atoms with Gasteiger partial charge in [-0.15, -0.1) is 0 Å². The van der Waals surface area contributed by atoms with E-state index < -0.39 is 0 Å². The number of aromatic nitrogens is 2. The average molecular weight is 546 g/mol. The first kappa shape index (κ1) is 25.9. The molecular weight excluding hydrogens is 510 g/mol. The maximum atomic E-state index is 13.5. The van der Waals surface area contributed by atoms with Crippen LogP contribution in [-0.2, 0) is 4.79 Å². The Balaban J connectivity index is 1.24. The van der Waals surface area contributed by atoms with Crippen molar-refractivity contribution in [1.29, 1.82) is 0 Å². The van der Waals surface area contributed by atoms with Crippen LogP contribution in [0.4, 0.5) is 5.69 Å². The Bertz CT molecular complexity index is 1420. The van der Waals surface area contributed by atoms with Gasteiger partial charge >= 0.3 is 0 Å². The van der Waals surface area contributed by atoms with Gasteiger partial charge in [-0.2, -0.15) is 16.4 Å². The Labute approximate surface area is 232 Å². The molecule has 2 N–H and O–H groups in total. The van der Waals surface area contributed by atoms with E-state index in [1.807, 2.05) is 41.8 Å². The maximum absolute atomic E-state index is 13.5. The minimum absolute atomic E-state index is 0.00299. The van der Waals surface area contributed by atoms with Crippen molar-refractivity contribution >= 4 is 33.8 Å². The second-order valence-corrected chi connectivity index (χ2v) is 11.3. The second-order valence-electron chi connectivity index (χ2n) is 10.5. The van der Waals surface area contributed by atoms with Crippen LogP contribution in [0.1, 0.15) is 37.3 Å². The molecular formula is C30H35N5O3S. The Morgan fingerprint density at radius 3 is 2.64 bits per heavy atom. The molecule has 1 atom stereocenters. The number of aromatic amines is 1. The standard InChI is InChI=1S/C30H35N5O3S/c1-34-14-9-23(10-15-34)38-26-8-5-20(17-27(26)37-2)28-24-18-22(6-7-25(24)32-33-28)31-30(36)29(21-11-16-39-19-21)35-12-3-4-13-35/h5-8,11,16-19,23,29H,3-4,9-10,12-15H2,1-2H3,(H,31,36)(H,32,33). The largest absolute Gasteiger partial charge is 0.493 e. The first-order chi connectivity index (χ1) is 19.1. The normalized spacial score (nSPS) is 17.9. The molecule has 4 aromatic rings. The zero-order valence-electron chi connectivity index (χ0n) is 22.5. The lowest BCUT2D eigenvalue weighted by atomic mass is 10.1. The predicted octanol–water partition coefficient (Wildman–Crippen LogP) is 5.55. The van der Waals surface area contributed by atoms with Crippen LogP contribution in [-0.4, -0.2) is 72.3 Å². The van der Waals surface area contributed by atoms with Gasteiger partial charge in [0.1, 0.15) is 17.8 Å². The molecule has 39 heavy (non-hydrogen) atoms. The van der Waals surface area contributed by atoms with Crippen molar-refractivity contribution in [3.8, 4) is 22.8 Å². The summed E-state index contributed by atoms with van der Waals surface area (Å²) in [6, 6.07) is 13.6. The molecule has 2 aromatic heterocycles. The van der Waals surface area contributed by atoms with Crippen LogP contribution in [0.5, 0.6) is 11.5 Å². The van der Waals surface area contributed by atoms with E-state index in [2.05, 4.69) is 43.8 Å². The zero-order chi connectivity index (χ0) is 26.8. The smallest absolute Gasteiger partial charge is 0.246 e. The van der Waals surface area contributed by atoms with Crippen LogP contribution in [0.3, 0.4) is 0 Å². The van der Waals surface area contributed by atoms with E-state index in [4.69, 9.17) is 9.47 Å². The van der Waals surface area contributed by atoms with Gasteiger partial charge in [-0.1, -0.05) is 0 Å². The van der Waals surface area contributed by atoms with E-state index in [0.717, 1.165) is 91.0 Å². The molecule has 204 valence electrons. The molecule has 1 amide bonds. The molecule has 8 nitrogen and oxygen atoms in total. The molecule has 2 saturated heterocycles. The lowest BCUT2D eigenvalue weighted by molar-refractivity contribution is -0.121. The molecule has 0 saturated carbocycles. The number of H-pyrrole nitrogens is 1. The van der Waals surface area contributed by atoms with Gasteiger partial charge in [-0.25, -0.2) is 0 Å². The summed E-state index contributed by atoms with van der Waals surface area (Å²) in [5.74, 6) is 1.44. The highest BCUT2D eigenvalue weighted by Gasteiger charge is 2.30. The number of nitrogens with one attached hydrogen (secondary N) is 2. The number of thiophene rings is 1. The first-order valence-electron chi connectivity index (χ1n) is 13.7. The number of amides is 1. The second kappa shape index (κ2) is 11.4. The number of anilines is 1. The predicted molar refractivity (Wildman–Crippen MR) is 156 cm³/mol. The van der Waals surface area contributed by atoms with Gasteiger partial charge in [-0.3, -0.25) is 14.8 Å². The molecule has 4 heterocycles. The van der Waals surface area contributed by atoms with E-state index >= 15 is 0 Å². The number of rotatable bonds is 8. The van der Waals surface area contributed by atoms with Crippen molar-refractivity contribution in [2.24, 2.45) is 0 Å². The summed E-state index contributed by atoms with van der Waals surface area (Å²) >= 11 is 1.63. The van der Waals surface area contributed by atoms with Crippen molar-refractivity contribution in [2.45, 2.75) is 37.8 Å². The fraction of sp³-hybridized carbons (Fsp3) is 0.400. The zero-order valence-corrected chi connectivity index (χ0v) is 23.3. The Morgan fingerprint density at radius 1 is 1.08 bits per heavy atom. The molecule has 2 aliphatic rings. The third kappa shape index (κ3) is 5.52. The Hall–Kier alpha value is -3.40. The van der Waals surface area contributed by atoms with Crippen molar-refractivity contribution < 1.29 is 14.3 Å². The van der Waals surface area contributed by atoms with E-state index in [1.54, 1.807) is 18.4 Å². The minimum Gasteiger partial charge on any atom is -0.493 e. The Morgan fingerprint density at radius 2 is 1.90 bits per heavy atom. The van der Waals surface area contributed by atoms with Crippen molar-refractivity contribution in [2.75, 3.05) is 45.7 Å². The molecule has 2 fully saturated rings. The van der Waals surface area contributed by atoms with E-state index in [-0.39, 0.29) is 18.1 Å². The number of benzene rings is 2. The fourth-order valence-corrected chi connectivity index (χ4v) is 6.35. The molecule has 2 aromatic carbocycles. The maximum Gasteiger partial charge on any atom is 0.246 e. The molecule has 2 aliphatic heterocycles. The van der Waals surface area contributed by atoms with Crippen molar-refractivity contribution in [3.63, 3.8) is 0 Å². The number of carbonyl (C=O) groups excluding carboxylic acids is 1. The third-order valence-corrected chi connectivity index (χ3v) is 8.54. The number of hydrogen-bond donors (Lipinski definition) is 2. The van der Waals surface area contributed by atoms with Gasteiger partial charge in [-0.05, 0) is 105 Å². The molecule has 1 unspecified atom stereocenters. The van der Waals surface area contributed by atoms with Crippen LogP contribution in [0.15, 0.2) is 53.2 Å². The monoisotopic (exact) mass is 545 g/mol. The summed E-state index contributed by atoms with van der Waals surface area (Å²) in [6.45, 7) is 3.96. The molecule has 0 bridgehead atoms. The van der Waals surface area contributed by atoms with Crippen molar-refractivity contribution in [3.05, 3.63) is 58.8 Å². The van der Waals surface area contributed by atoms with Gasteiger partial charge < -0.3 is 19.7 Å². The summed E-state index contributed by atoms with van der Waals surface area (Å²) < 4.78 is 12.0. The minimum atomic E-state index is -0.278. The van der Waals surface area contributed by atoms with Crippen molar-refractivity contribution in [1.82, 2.24) is 20.0 Å². The number of fused-ring (bicyclic) bond motifs is 1. The SMILES string of the molecule is COc1cc(-c2n[nH]c3ccc(NC(=O)C(c4ccsc4)N4CCCC4)cc23)ccc1OC1CCN(C)CC1. The lowest BCUT2D eigenvalue weighted by Gasteiger charge is -2.29. The summed E-state index contributed by atoms with van der Waals surface area (Å²) in [5, 5.41) is 16.0. The summed E-state index contributed by atoms with van der Waals surface area (Å²) in [7, 11) is 3.81. The van der Waals surface area contributed by atoms with Crippen LogP contribution < -0.4 is 14.8 Å². The van der Waals surface area contributed by atoms with E-state index in [9.17, 15) is 4.79 Å². The third-order valence-electron chi connectivity index (χ3n) is 7.84. The number of carbonyl (C=O) groups is 1. The van der Waals surface area contributed by atoms with Gasteiger partial charge in [0.2, 0.25) is 5.91 Å². The van der Waals surface area contributed by atoms with E-state index in [0.29, 0.717) is 5.75 Å². The molecule has 9 heteroatoms. The number of ether oxygens (including phenoxy) is 2. The highest BCUT2D eigenvalue weighted by molar-refractivity contribution is 7.08. The van der Waals surface area contributed by atoms with Gasteiger partial charge in [0.05, 0.1) is 12.6 Å². The van der Waals surface area contributed by atoms with Crippen LogP contribution in [0.2, 0.25) is 0 Å². The number of piperidine rings is 1. The summed E-state index contributed by atoms with van der Waals surface area (Å²) in [4.78, 5) is 18.1. The molecule has 0 radical (unpaired) electrons. The Kier molecular flexibility index (Phi) is 7.54. The molecule has 0 spiro atoms. The highest BCUT2D eigenvalue weighted by Crippen LogP contribution is 2.37. The van der Waals surface area contributed by atoms with Crippen LogP contribution >= 0.6 is 11.3 Å². The summed E-state index contributed by atoms with van der Waals surface area (Å²) in [6.07, 6.45) is 4.46. The van der Waals surface area contributed by atoms with Gasteiger partial charge in [0, 0.05) is 29.7 Å². The quantitative estimate of drug-likeness (QED) is 0.302. The topological polar surface area (TPSA) is 82.7 Å². The van der Waals surface area contributed by atoms with Gasteiger partial charge in [0.15, 0.2) is 11.5 Å². The average Bonchev–Trinajstić information content (AvgIpc) is 3.74. The number of methoxy groups -OCH3 is 1. The molecule has 0 aliphatic carbocycles. The molecule has 6 rings (SSSR count). The number of hydrogen-bond acceptors (Lipinski definition) is 7. The first-order valence-corrected chi connectivity index (χ1v) is 14.6. The van der Waals surface area contributed by atoms with E-state index in [1.165, 1.54) is 0 Å². The number of likely N-dealkylation sites (tertiary alicyclic amines) is 2. The number of nitrogens with zero attached hydrogens (tertiary/aromatic N) is 3. The summed E-state index contributed by atoms with van der Waals surface area (Å²) in [5.41, 5.74) is 4.44.